The first-order chi connectivity index (χ1) is 10.4. The van der Waals surface area contributed by atoms with E-state index in [1.807, 2.05) is 31.2 Å². The zero-order chi connectivity index (χ0) is 16.3. The molecule has 2 rings (SSSR count). The van der Waals surface area contributed by atoms with E-state index >= 15 is 0 Å². The fourth-order valence-electron chi connectivity index (χ4n) is 1.93. The molecule has 0 radical (unpaired) electrons. The van der Waals surface area contributed by atoms with Gasteiger partial charge in [-0.1, -0.05) is 28.1 Å². The predicted octanol–water partition coefficient (Wildman–Crippen LogP) is 4.61. The van der Waals surface area contributed by atoms with Crippen LogP contribution in [0.5, 0.6) is 0 Å². The van der Waals surface area contributed by atoms with Crippen LogP contribution in [0.4, 0.5) is 5.69 Å². The SMILES string of the molecule is CC(NC(=O)c1ccc(Br)c([N+](=O)[O-])c1)c1cccc(Br)c1. The second-order valence-corrected chi connectivity index (χ2v) is 6.44. The van der Waals surface area contributed by atoms with Crippen molar-refractivity contribution in [2.75, 3.05) is 0 Å². The molecule has 0 aliphatic heterocycles. The number of hydrogen-bond acceptors (Lipinski definition) is 3. The topological polar surface area (TPSA) is 72.2 Å². The molecule has 1 unspecified atom stereocenters. The third-order valence-corrected chi connectivity index (χ3v) is 4.27. The largest absolute Gasteiger partial charge is 0.346 e. The number of carbonyl (C=O) groups excluding carboxylic acids is 1. The molecule has 0 spiro atoms. The highest BCUT2D eigenvalue weighted by atomic mass is 79.9. The van der Waals surface area contributed by atoms with Gasteiger partial charge in [0.25, 0.3) is 11.6 Å². The molecule has 7 heteroatoms. The Balaban J connectivity index is 2.19. The lowest BCUT2D eigenvalue weighted by atomic mass is 10.1. The van der Waals surface area contributed by atoms with Crippen molar-refractivity contribution in [3.05, 3.63) is 72.7 Å². The Bertz CT molecular complexity index is 734. The molecule has 0 bridgehead atoms. The number of nitro groups is 1. The molecule has 0 heterocycles. The number of hydrogen-bond donors (Lipinski definition) is 1. The van der Waals surface area contributed by atoms with E-state index in [0.717, 1.165) is 10.0 Å². The first-order valence-corrected chi connectivity index (χ1v) is 7.97. The molecule has 1 amide bonds. The molecule has 0 fully saturated rings. The third-order valence-electron chi connectivity index (χ3n) is 3.10. The fraction of sp³-hybridized carbons (Fsp3) is 0.133. The Labute approximate surface area is 144 Å². The zero-order valence-corrected chi connectivity index (χ0v) is 14.7. The second kappa shape index (κ2) is 7.02. The maximum absolute atomic E-state index is 12.2. The van der Waals surface area contributed by atoms with Gasteiger partial charge in [-0.15, -0.1) is 0 Å². The first kappa shape index (κ1) is 16.6. The second-order valence-electron chi connectivity index (χ2n) is 4.67. The van der Waals surface area contributed by atoms with Crippen LogP contribution >= 0.6 is 31.9 Å². The van der Waals surface area contributed by atoms with Crippen LogP contribution < -0.4 is 5.32 Å². The van der Waals surface area contributed by atoms with Crippen LogP contribution in [-0.2, 0) is 0 Å². The Morgan fingerprint density at radius 1 is 1.23 bits per heavy atom. The van der Waals surface area contributed by atoms with Crippen molar-refractivity contribution in [2.45, 2.75) is 13.0 Å². The molecular weight excluding hydrogens is 416 g/mol. The Hall–Kier alpha value is -1.73. The number of rotatable bonds is 4. The van der Waals surface area contributed by atoms with Gasteiger partial charge >= 0.3 is 0 Å². The summed E-state index contributed by atoms with van der Waals surface area (Å²) in [5, 5.41) is 13.7. The van der Waals surface area contributed by atoms with Crippen molar-refractivity contribution in [3.8, 4) is 0 Å². The van der Waals surface area contributed by atoms with E-state index in [1.165, 1.54) is 12.1 Å². The summed E-state index contributed by atoms with van der Waals surface area (Å²) in [5.74, 6) is -0.358. The van der Waals surface area contributed by atoms with Crippen LogP contribution in [0.25, 0.3) is 0 Å². The molecule has 2 aromatic carbocycles. The molecule has 1 N–H and O–H groups in total. The molecule has 114 valence electrons. The van der Waals surface area contributed by atoms with Gasteiger partial charge in [0, 0.05) is 16.1 Å². The summed E-state index contributed by atoms with van der Waals surface area (Å²) in [4.78, 5) is 22.6. The smallest absolute Gasteiger partial charge is 0.284 e. The van der Waals surface area contributed by atoms with Crippen molar-refractivity contribution in [1.82, 2.24) is 5.32 Å². The number of benzene rings is 2. The number of halogens is 2. The summed E-state index contributed by atoms with van der Waals surface area (Å²) < 4.78 is 1.26. The lowest BCUT2D eigenvalue weighted by Gasteiger charge is -2.14. The minimum Gasteiger partial charge on any atom is -0.346 e. The van der Waals surface area contributed by atoms with E-state index in [-0.39, 0.29) is 23.2 Å². The van der Waals surface area contributed by atoms with Gasteiger partial charge in [-0.05, 0) is 52.7 Å². The average Bonchev–Trinajstić information content (AvgIpc) is 2.47. The van der Waals surface area contributed by atoms with Gasteiger partial charge in [-0.3, -0.25) is 14.9 Å². The molecule has 22 heavy (non-hydrogen) atoms. The third kappa shape index (κ3) is 3.92. The zero-order valence-electron chi connectivity index (χ0n) is 11.5. The molecule has 0 saturated carbocycles. The fourth-order valence-corrected chi connectivity index (χ4v) is 2.74. The minimum absolute atomic E-state index is 0.136. The molecule has 0 aromatic heterocycles. The number of nitrogens with one attached hydrogen (secondary N) is 1. The summed E-state index contributed by atoms with van der Waals surface area (Å²) in [6.07, 6.45) is 0. The number of carbonyl (C=O) groups is 1. The van der Waals surface area contributed by atoms with Crippen molar-refractivity contribution in [2.24, 2.45) is 0 Å². The lowest BCUT2D eigenvalue weighted by Crippen LogP contribution is -2.26. The first-order valence-electron chi connectivity index (χ1n) is 6.38. The van der Waals surface area contributed by atoms with E-state index in [1.54, 1.807) is 6.07 Å². The summed E-state index contributed by atoms with van der Waals surface area (Å²) in [7, 11) is 0. The highest BCUT2D eigenvalue weighted by molar-refractivity contribution is 9.10. The van der Waals surface area contributed by atoms with Crippen LogP contribution in [0.15, 0.2) is 51.4 Å². The lowest BCUT2D eigenvalue weighted by molar-refractivity contribution is -0.385. The summed E-state index contributed by atoms with van der Waals surface area (Å²) >= 11 is 6.48. The summed E-state index contributed by atoms with van der Waals surface area (Å²) in [6.45, 7) is 1.85. The van der Waals surface area contributed by atoms with Gasteiger partial charge in [-0.25, -0.2) is 0 Å². The Morgan fingerprint density at radius 3 is 2.59 bits per heavy atom. The van der Waals surface area contributed by atoms with Crippen LogP contribution in [-0.4, -0.2) is 10.8 Å². The van der Waals surface area contributed by atoms with Crippen molar-refractivity contribution < 1.29 is 9.72 Å². The Morgan fingerprint density at radius 2 is 1.95 bits per heavy atom. The molecule has 2 aromatic rings. The van der Waals surface area contributed by atoms with Crippen LogP contribution in [0.2, 0.25) is 0 Å². The monoisotopic (exact) mass is 426 g/mol. The highest BCUT2D eigenvalue weighted by Crippen LogP contribution is 2.26. The molecule has 1 atom stereocenters. The highest BCUT2D eigenvalue weighted by Gasteiger charge is 2.17. The number of nitro benzene ring substituents is 1. The van der Waals surface area contributed by atoms with Crippen LogP contribution in [0.3, 0.4) is 0 Å². The average molecular weight is 428 g/mol. The van der Waals surface area contributed by atoms with Gasteiger partial charge < -0.3 is 5.32 Å². The van der Waals surface area contributed by atoms with Gasteiger partial charge in [0.15, 0.2) is 0 Å². The van der Waals surface area contributed by atoms with E-state index < -0.39 is 4.92 Å². The van der Waals surface area contributed by atoms with Gasteiger partial charge in [-0.2, -0.15) is 0 Å². The quantitative estimate of drug-likeness (QED) is 0.571. The molecule has 5 nitrogen and oxygen atoms in total. The maximum atomic E-state index is 12.2. The van der Waals surface area contributed by atoms with E-state index in [0.29, 0.717) is 4.47 Å². The normalized spacial score (nSPS) is 11.8. The van der Waals surface area contributed by atoms with E-state index in [2.05, 4.69) is 37.2 Å². The number of amides is 1. The van der Waals surface area contributed by atoms with Crippen molar-refractivity contribution >= 4 is 43.5 Å². The van der Waals surface area contributed by atoms with Crippen LogP contribution in [0.1, 0.15) is 28.9 Å². The summed E-state index contributed by atoms with van der Waals surface area (Å²) in [5.41, 5.74) is 1.05. The van der Waals surface area contributed by atoms with Gasteiger partial charge in [0.05, 0.1) is 15.4 Å². The maximum Gasteiger partial charge on any atom is 0.284 e. The van der Waals surface area contributed by atoms with E-state index in [4.69, 9.17) is 0 Å². The minimum atomic E-state index is -0.529. The molecule has 0 aliphatic carbocycles. The van der Waals surface area contributed by atoms with Gasteiger partial charge in [0.1, 0.15) is 0 Å². The predicted molar refractivity (Wildman–Crippen MR) is 90.8 cm³/mol. The molecular formula is C15H12Br2N2O3. The van der Waals surface area contributed by atoms with Crippen molar-refractivity contribution in [1.29, 1.82) is 0 Å². The summed E-state index contributed by atoms with van der Waals surface area (Å²) in [6, 6.07) is 11.7. The number of nitrogens with zero attached hydrogens (tertiary/aromatic N) is 1. The van der Waals surface area contributed by atoms with Gasteiger partial charge in [0.2, 0.25) is 0 Å². The Kier molecular flexibility index (Phi) is 5.31. The van der Waals surface area contributed by atoms with Crippen molar-refractivity contribution in [3.63, 3.8) is 0 Å². The standard InChI is InChI=1S/C15H12Br2N2O3/c1-9(10-3-2-4-12(16)7-10)18-15(20)11-5-6-13(17)14(8-11)19(21)22/h2-9H,1H3,(H,18,20). The molecule has 0 aliphatic rings. The van der Waals surface area contributed by atoms with Crippen LogP contribution in [0, 0.1) is 10.1 Å². The van der Waals surface area contributed by atoms with E-state index in [9.17, 15) is 14.9 Å². The molecule has 0 saturated heterocycles.